The lowest BCUT2D eigenvalue weighted by atomic mass is 9.94. The molecular weight excluding hydrogens is 206 g/mol. The summed E-state index contributed by atoms with van der Waals surface area (Å²) in [7, 11) is 0. The molecule has 0 saturated carbocycles. The molecule has 4 nitrogen and oxygen atoms in total. The fourth-order valence-electron chi connectivity index (χ4n) is 0.986. The summed E-state index contributed by atoms with van der Waals surface area (Å²) in [6.07, 6.45) is 1.54. The van der Waals surface area contributed by atoms with Crippen LogP contribution in [0, 0.1) is 5.92 Å². The maximum Gasteiger partial charge on any atom is 0.137 e. The molecule has 0 bridgehead atoms. The Balaban J connectivity index is 2.54. The molecule has 0 fully saturated rings. The summed E-state index contributed by atoms with van der Waals surface area (Å²) in [5.74, 6) is 0.718. The molecule has 1 aromatic rings. The number of aromatic nitrogens is 1. The molecule has 0 aliphatic rings. The molecule has 0 amide bonds. The summed E-state index contributed by atoms with van der Waals surface area (Å²) < 4.78 is 5.44. The Bertz CT molecular complexity index is 320. The zero-order chi connectivity index (χ0) is 12.2. The second-order valence-corrected chi connectivity index (χ2v) is 4.44. The third-order valence-corrected chi connectivity index (χ3v) is 2.73. The van der Waals surface area contributed by atoms with Crippen LogP contribution in [0.2, 0.25) is 0 Å². The number of aliphatic hydroxyl groups is 2. The number of ether oxygens (including phenoxy) is 1. The maximum atomic E-state index is 9.97. The van der Waals surface area contributed by atoms with Gasteiger partial charge in [0, 0.05) is 0 Å². The van der Waals surface area contributed by atoms with Crippen molar-refractivity contribution in [2.75, 3.05) is 6.61 Å². The highest BCUT2D eigenvalue weighted by molar-refractivity contribution is 5.19. The van der Waals surface area contributed by atoms with E-state index in [-0.39, 0.29) is 19.1 Å². The first-order valence-corrected chi connectivity index (χ1v) is 5.36. The van der Waals surface area contributed by atoms with E-state index in [2.05, 4.69) is 4.98 Å². The Morgan fingerprint density at radius 1 is 1.44 bits per heavy atom. The van der Waals surface area contributed by atoms with Gasteiger partial charge in [0.2, 0.25) is 0 Å². The minimum Gasteiger partial charge on any atom is -0.489 e. The van der Waals surface area contributed by atoms with Gasteiger partial charge >= 0.3 is 0 Å². The molecule has 1 atom stereocenters. The first kappa shape index (κ1) is 12.9. The van der Waals surface area contributed by atoms with Crippen LogP contribution in [0.5, 0.6) is 5.75 Å². The fraction of sp³-hybridized carbons (Fsp3) is 0.583. The lowest BCUT2D eigenvalue weighted by Gasteiger charge is -2.27. The average molecular weight is 225 g/mol. The van der Waals surface area contributed by atoms with Crippen LogP contribution in [0.4, 0.5) is 0 Å². The Hall–Kier alpha value is -1.13. The van der Waals surface area contributed by atoms with Crippen LogP contribution in [-0.4, -0.2) is 27.4 Å². The SMILES string of the molecule is CC(C)C(C)(O)COc1ccc(CO)nc1. The summed E-state index contributed by atoms with van der Waals surface area (Å²) in [5.41, 5.74) is -0.252. The number of hydrogen-bond acceptors (Lipinski definition) is 4. The van der Waals surface area contributed by atoms with Gasteiger partial charge in [-0.2, -0.15) is 0 Å². The van der Waals surface area contributed by atoms with Gasteiger partial charge in [-0.3, -0.25) is 4.98 Å². The molecule has 4 heteroatoms. The van der Waals surface area contributed by atoms with E-state index >= 15 is 0 Å². The van der Waals surface area contributed by atoms with E-state index in [0.29, 0.717) is 11.4 Å². The van der Waals surface area contributed by atoms with Crippen molar-refractivity contribution in [3.8, 4) is 5.75 Å². The lowest BCUT2D eigenvalue weighted by Crippen LogP contribution is -2.37. The Morgan fingerprint density at radius 3 is 2.56 bits per heavy atom. The number of rotatable bonds is 5. The highest BCUT2D eigenvalue weighted by Gasteiger charge is 2.25. The van der Waals surface area contributed by atoms with Gasteiger partial charge in [0.25, 0.3) is 0 Å². The number of nitrogens with zero attached hydrogens (tertiary/aromatic N) is 1. The maximum absolute atomic E-state index is 9.97. The fourth-order valence-corrected chi connectivity index (χ4v) is 0.986. The number of pyridine rings is 1. The van der Waals surface area contributed by atoms with Crippen LogP contribution in [0.15, 0.2) is 18.3 Å². The third-order valence-electron chi connectivity index (χ3n) is 2.73. The first-order valence-electron chi connectivity index (χ1n) is 5.36. The summed E-state index contributed by atoms with van der Waals surface area (Å²) in [6, 6.07) is 3.42. The van der Waals surface area contributed by atoms with Gasteiger partial charge in [-0.15, -0.1) is 0 Å². The van der Waals surface area contributed by atoms with Crippen molar-refractivity contribution in [3.63, 3.8) is 0 Å². The molecule has 0 aliphatic heterocycles. The molecular formula is C12H19NO3. The van der Waals surface area contributed by atoms with E-state index < -0.39 is 5.60 Å². The molecule has 0 aromatic carbocycles. The third kappa shape index (κ3) is 3.47. The minimum absolute atomic E-state index is 0.0794. The number of aliphatic hydroxyl groups excluding tert-OH is 1. The molecule has 1 heterocycles. The van der Waals surface area contributed by atoms with Gasteiger partial charge in [-0.1, -0.05) is 13.8 Å². The van der Waals surface area contributed by atoms with Crippen molar-refractivity contribution in [2.45, 2.75) is 33.0 Å². The molecule has 90 valence electrons. The molecule has 0 aliphatic carbocycles. The van der Waals surface area contributed by atoms with E-state index in [4.69, 9.17) is 9.84 Å². The predicted octanol–water partition coefficient (Wildman–Crippen LogP) is 1.36. The first-order chi connectivity index (χ1) is 7.45. The summed E-state index contributed by atoms with van der Waals surface area (Å²) in [6.45, 7) is 5.77. The van der Waals surface area contributed by atoms with Crippen molar-refractivity contribution >= 4 is 0 Å². The van der Waals surface area contributed by atoms with Crippen LogP contribution in [0.25, 0.3) is 0 Å². The van der Waals surface area contributed by atoms with E-state index in [0.717, 1.165) is 0 Å². The van der Waals surface area contributed by atoms with Crippen LogP contribution >= 0.6 is 0 Å². The Labute approximate surface area is 95.9 Å². The largest absolute Gasteiger partial charge is 0.489 e. The molecule has 0 radical (unpaired) electrons. The molecule has 0 saturated heterocycles. The Kier molecular flexibility index (Phi) is 4.26. The van der Waals surface area contributed by atoms with Gasteiger partial charge < -0.3 is 14.9 Å². The number of hydrogen-bond donors (Lipinski definition) is 2. The predicted molar refractivity (Wildman–Crippen MR) is 61.1 cm³/mol. The lowest BCUT2D eigenvalue weighted by molar-refractivity contribution is -0.0267. The van der Waals surface area contributed by atoms with Gasteiger partial charge in [0.1, 0.15) is 12.4 Å². The van der Waals surface area contributed by atoms with Crippen molar-refractivity contribution in [1.29, 1.82) is 0 Å². The van der Waals surface area contributed by atoms with Gasteiger partial charge in [0.05, 0.1) is 24.1 Å². The van der Waals surface area contributed by atoms with Gasteiger partial charge in [0.15, 0.2) is 0 Å². The van der Waals surface area contributed by atoms with Crippen molar-refractivity contribution < 1.29 is 14.9 Å². The topological polar surface area (TPSA) is 62.6 Å². The van der Waals surface area contributed by atoms with Gasteiger partial charge in [-0.05, 0) is 25.0 Å². The monoisotopic (exact) mass is 225 g/mol. The van der Waals surface area contributed by atoms with Crippen molar-refractivity contribution in [2.24, 2.45) is 5.92 Å². The second kappa shape index (κ2) is 5.27. The normalized spacial score (nSPS) is 14.9. The molecule has 0 spiro atoms. The van der Waals surface area contributed by atoms with Crippen LogP contribution in [0.1, 0.15) is 26.5 Å². The summed E-state index contributed by atoms with van der Waals surface area (Å²) in [4.78, 5) is 3.99. The summed E-state index contributed by atoms with van der Waals surface area (Å²) >= 11 is 0. The minimum atomic E-state index is -0.852. The smallest absolute Gasteiger partial charge is 0.137 e. The van der Waals surface area contributed by atoms with Crippen molar-refractivity contribution in [1.82, 2.24) is 4.98 Å². The molecule has 16 heavy (non-hydrogen) atoms. The van der Waals surface area contributed by atoms with E-state index in [1.807, 2.05) is 13.8 Å². The molecule has 1 unspecified atom stereocenters. The average Bonchev–Trinajstić information content (AvgIpc) is 2.27. The standard InChI is InChI=1S/C12H19NO3/c1-9(2)12(3,15)8-16-11-5-4-10(7-14)13-6-11/h4-6,9,14-15H,7-8H2,1-3H3. The van der Waals surface area contributed by atoms with E-state index in [1.165, 1.54) is 0 Å². The highest BCUT2D eigenvalue weighted by atomic mass is 16.5. The van der Waals surface area contributed by atoms with E-state index in [1.54, 1.807) is 25.3 Å². The quantitative estimate of drug-likeness (QED) is 0.794. The van der Waals surface area contributed by atoms with Crippen LogP contribution in [-0.2, 0) is 6.61 Å². The van der Waals surface area contributed by atoms with Crippen LogP contribution < -0.4 is 4.74 Å². The van der Waals surface area contributed by atoms with Crippen LogP contribution in [0.3, 0.4) is 0 Å². The van der Waals surface area contributed by atoms with Crippen molar-refractivity contribution in [3.05, 3.63) is 24.0 Å². The zero-order valence-corrected chi connectivity index (χ0v) is 9.97. The second-order valence-electron chi connectivity index (χ2n) is 4.44. The molecule has 1 aromatic heterocycles. The highest BCUT2D eigenvalue weighted by Crippen LogP contribution is 2.18. The molecule has 2 N–H and O–H groups in total. The zero-order valence-electron chi connectivity index (χ0n) is 9.97. The molecule has 1 rings (SSSR count). The summed E-state index contributed by atoms with van der Waals surface area (Å²) in [5, 5.41) is 18.8. The van der Waals surface area contributed by atoms with Gasteiger partial charge in [-0.25, -0.2) is 0 Å². The van der Waals surface area contributed by atoms with E-state index in [9.17, 15) is 5.11 Å². The Morgan fingerprint density at radius 2 is 2.12 bits per heavy atom.